The summed E-state index contributed by atoms with van der Waals surface area (Å²) in [4.78, 5) is 29.6. The van der Waals surface area contributed by atoms with Crippen molar-refractivity contribution >= 4 is 11.9 Å². The Morgan fingerprint density at radius 2 is 2.44 bits per heavy atom. The second kappa shape index (κ2) is 3.62. The number of carbonyl (C=O) groups excluding carboxylic acids is 2. The van der Waals surface area contributed by atoms with Crippen LogP contribution < -0.4 is 5.32 Å². The largest absolute Gasteiger partial charge is 0.453 e. The van der Waals surface area contributed by atoms with E-state index in [1.807, 2.05) is 0 Å². The summed E-state index contributed by atoms with van der Waals surface area (Å²) in [6.07, 6.45) is 3.21. The second-order valence-corrected chi connectivity index (χ2v) is 3.91. The Hall–Kier alpha value is -1.85. The number of imidazole rings is 1. The first kappa shape index (κ1) is 10.7. The molecule has 1 saturated carbocycles. The van der Waals surface area contributed by atoms with Crippen molar-refractivity contribution in [3.63, 3.8) is 0 Å². The molecule has 1 fully saturated rings. The highest BCUT2D eigenvalue weighted by atomic mass is 16.5. The lowest BCUT2D eigenvalue weighted by Gasteiger charge is -2.14. The molecule has 0 bridgehead atoms. The Labute approximate surface area is 92.4 Å². The number of Topliss-reactive ketones (excluding diaryl/α,β-unsaturated/α-hetero) is 1. The molecule has 0 saturated heterocycles. The molecule has 6 heteroatoms. The van der Waals surface area contributed by atoms with E-state index < -0.39 is 11.6 Å². The number of ketones is 1. The van der Waals surface area contributed by atoms with Crippen molar-refractivity contribution in [3.8, 4) is 0 Å². The summed E-state index contributed by atoms with van der Waals surface area (Å²) < 4.78 is 4.51. The maximum Gasteiger partial charge on any atom is 0.407 e. The van der Waals surface area contributed by atoms with Gasteiger partial charge in [-0.25, -0.2) is 9.78 Å². The zero-order valence-electron chi connectivity index (χ0n) is 9.11. The molecule has 86 valence electrons. The first-order valence-corrected chi connectivity index (χ1v) is 4.95. The maximum atomic E-state index is 11.6. The average molecular weight is 223 g/mol. The van der Waals surface area contributed by atoms with Crippen LogP contribution in [0, 0.1) is 0 Å². The lowest BCUT2D eigenvalue weighted by Crippen LogP contribution is -2.43. The van der Waals surface area contributed by atoms with Crippen molar-refractivity contribution in [1.29, 1.82) is 0 Å². The van der Waals surface area contributed by atoms with Crippen LogP contribution in [0.3, 0.4) is 0 Å². The molecular weight excluding hydrogens is 210 g/mol. The predicted octanol–water partition coefficient (Wildman–Crippen LogP) is 0.581. The zero-order chi connectivity index (χ0) is 11.8. The van der Waals surface area contributed by atoms with Gasteiger partial charge in [0.25, 0.3) is 0 Å². The second-order valence-electron chi connectivity index (χ2n) is 3.91. The summed E-state index contributed by atoms with van der Waals surface area (Å²) in [7, 11) is 1.27. The minimum atomic E-state index is -0.820. The minimum absolute atomic E-state index is 0.0356. The molecule has 1 aromatic rings. The van der Waals surface area contributed by atoms with Crippen molar-refractivity contribution in [3.05, 3.63) is 18.2 Å². The van der Waals surface area contributed by atoms with E-state index in [-0.39, 0.29) is 11.7 Å². The number of hydrogen-bond acceptors (Lipinski definition) is 4. The van der Waals surface area contributed by atoms with Gasteiger partial charge >= 0.3 is 6.09 Å². The number of methoxy groups -OCH3 is 1. The molecule has 0 aliphatic heterocycles. The molecule has 1 amide bonds. The summed E-state index contributed by atoms with van der Waals surface area (Å²) in [5.41, 5.74) is 0.0335. The quantitative estimate of drug-likeness (QED) is 0.785. The van der Waals surface area contributed by atoms with Crippen molar-refractivity contribution in [2.75, 3.05) is 7.11 Å². The van der Waals surface area contributed by atoms with Gasteiger partial charge in [-0.05, 0) is 13.3 Å². The van der Waals surface area contributed by atoms with Gasteiger partial charge < -0.3 is 15.0 Å². The Morgan fingerprint density at radius 3 is 2.94 bits per heavy atom. The highest BCUT2D eigenvalue weighted by Gasteiger charge is 2.60. The number of amides is 1. The third-order valence-electron chi connectivity index (χ3n) is 2.99. The minimum Gasteiger partial charge on any atom is -0.453 e. The van der Waals surface area contributed by atoms with E-state index in [1.54, 1.807) is 12.5 Å². The number of carbonyl (C=O) groups is 2. The molecule has 0 spiro atoms. The van der Waals surface area contributed by atoms with Crippen molar-refractivity contribution in [2.24, 2.45) is 0 Å². The summed E-state index contributed by atoms with van der Waals surface area (Å²) in [6, 6.07) is 0. The highest BCUT2D eigenvalue weighted by Crippen LogP contribution is 2.51. The van der Waals surface area contributed by atoms with E-state index in [4.69, 9.17) is 0 Å². The normalized spacial score (nSPS) is 27.2. The molecule has 1 aliphatic carbocycles. The number of rotatable bonds is 3. The molecule has 2 N–H and O–H groups in total. The van der Waals surface area contributed by atoms with E-state index in [9.17, 15) is 9.59 Å². The average Bonchev–Trinajstić information content (AvgIpc) is 2.76. The number of nitrogens with one attached hydrogen (secondary N) is 2. The third-order valence-corrected chi connectivity index (χ3v) is 2.99. The first-order chi connectivity index (χ1) is 7.60. The van der Waals surface area contributed by atoms with E-state index >= 15 is 0 Å². The summed E-state index contributed by atoms with van der Waals surface area (Å²) in [5, 5.41) is 2.60. The Bertz CT molecular complexity index is 415. The van der Waals surface area contributed by atoms with Crippen LogP contribution in [0.5, 0.6) is 0 Å². The Kier molecular flexibility index (Phi) is 2.41. The van der Waals surface area contributed by atoms with Gasteiger partial charge in [0.05, 0.1) is 13.4 Å². The fourth-order valence-electron chi connectivity index (χ4n) is 1.94. The summed E-state index contributed by atoms with van der Waals surface area (Å²) in [5.74, 6) is -0.107. The van der Waals surface area contributed by atoms with Gasteiger partial charge in [-0.15, -0.1) is 0 Å². The van der Waals surface area contributed by atoms with Gasteiger partial charge in [-0.3, -0.25) is 4.79 Å². The number of ether oxygens (including phenoxy) is 1. The van der Waals surface area contributed by atoms with Crippen molar-refractivity contribution in [1.82, 2.24) is 15.3 Å². The van der Waals surface area contributed by atoms with Crippen LogP contribution in [-0.2, 0) is 9.53 Å². The molecule has 2 unspecified atom stereocenters. The van der Waals surface area contributed by atoms with E-state index in [0.717, 1.165) is 5.69 Å². The number of aromatic nitrogens is 2. The van der Waals surface area contributed by atoms with Gasteiger partial charge in [0.15, 0.2) is 5.78 Å². The lowest BCUT2D eigenvalue weighted by molar-refractivity contribution is -0.120. The first-order valence-electron chi connectivity index (χ1n) is 4.95. The number of hydrogen-bond donors (Lipinski definition) is 2. The molecule has 0 aromatic carbocycles. The molecule has 6 nitrogen and oxygen atoms in total. The molecule has 1 aromatic heterocycles. The molecular formula is C10H13N3O3. The van der Waals surface area contributed by atoms with Gasteiger partial charge in [0.2, 0.25) is 0 Å². The standard InChI is InChI=1S/C10H13N3O3/c1-6(14)10(13-9(15)16-2)3-7(10)8-4-11-5-12-8/h4-5,7H,3H2,1-2H3,(H,11,12)(H,13,15). The summed E-state index contributed by atoms with van der Waals surface area (Å²) >= 11 is 0. The molecule has 0 radical (unpaired) electrons. The fraction of sp³-hybridized carbons (Fsp3) is 0.500. The molecule has 2 rings (SSSR count). The molecule has 2 atom stereocenters. The number of H-pyrrole nitrogens is 1. The maximum absolute atomic E-state index is 11.6. The van der Waals surface area contributed by atoms with E-state index in [0.29, 0.717) is 6.42 Å². The van der Waals surface area contributed by atoms with Crippen molar-refractivity contribution in [2.45, 2.75) is 24.8 Å². The molecule has 1 heterocycles. The topological polar surface area (TPSA) is 84.1 Å². The van der Waals surface area contributed by atoms with E-state index in [2.05, 4.69) is 20.0 Å². The monoisotopic (exact) mass is 223 g/mol. The van der Waals surface area contributed by atoms with Crippen LogP contribution in [0.4, 0.5) is 4.79 Å². The predicted molar refractivity (Wildman–Crippen MR) is 54.9 cm³/mol. The number of aromatic amines is 1. The number of nitrogens with zero attached hydrogens (tertiary/aromatic N) is 1. The van der Waals surface area contributed by atoms with Crippen LogP contribution in [-0.4, -0.2) is 34.5 Å². The van der Waals surface area contributed by atoms with Gasteiger partial charge in [0, 0.05) is 17.8 Å². The zero-order valence-corrected chi connectivity index (χ0v) is 9.11. The lowest BCUT2D eigenvalue weighted by atomic mass is 10.1. The molecule has 1 aliphatic rings. The third kappa shape index (κ3) is 1.56. The SMILES string of the molecule is COC(=O)NC1(C(C)=O)CC1c1cnc[nH]1. The van der Waals surface area contributed by atoms with Gasteiger partial charge in [-0.2, -0.15) is 0 Å². The number of alkyl carbamates (subject to hydrolysis) is 1. The Morgan fingerprint density at radius 1 is 1.69 bits per heavy atom. The van der Waals surface area contributed by atoms with E-state index in [1.165, 1.54) is 14.0 Å². The van der Waals surface area contributed by atoms with Gasteiger partial charge in [0.1, 0.15) is 5.54 Å². The van der Waals surface area contributed by atoms with Crippen LogP contribution >= 0.6 is 0 Å². The van der Waals surface area contributed by atoms with Crippen LogP contribution in [0.25, 0.3) is 0 Å². The fourth-order valence-corrected chi connectivity index (χ4v) is 1.94. The highest BCUT2D eigenvalue weighted by molar-refractivity contribution is 5.94. The van der Waals surface area contributed by atoms with Gasteiger partial charge in [-0.1, -0.05) is 0 Å². The van der Waals surface area contributed by atoms with Crippen molar-refractivity contribution < 1.29 is 14.3 Å². The van der Waals surface area contributed by atoms with Crippen LogP contribution in [0.15, 0.2) is 12.5 Å². The molecule has 16 heavy (non-hydrogen) atoms. The Balaban J connectivity index is 2.16. The smallest absolute Gasteiger partial charge is 0.407 e. The van der Waals surface area contributed by atoms with Crippen LogP contribution in [0.2, 0.25) is 0 Å². The summed E-state index contributed by atoms with van der Waals surface area (Å²) in [6.45, 7) is 1.46. The van der Waals surface area contributed by atoms with Crippen LogP contribution in [0.1, 0.15) is 25.0 Å².